The van der Waals surface area contributed by atoms with Crippen LogP contribution in [-0.2, 0) is 14.4 Å². The molecule has 6 nitrogen and oxygen atoms in total. The molecule has 7 heteroatoms. The number of carbonyl (C=O) groups is 3. The average Bonchev–Trinajstić information content (AvgIpc) is 3.21. The van der Waals surface area contributed by atoms with Crippen molar-refractivity contribution in [2.45, 2.75) is 32.1 Å². The fourth-order valence-corrected chi connectivity index (χ4v) is 4.66. The van der Waals surface area contributed by atoms with Crippen LogP contribution in [0.4, 0.5) is 0 Å². The van der Waals surface area contributed by atoms with Crippen molar-refractivity contribution < 1.29 is 19.3 Å². The first kappa shape index (κ1) is 19.9. The fraction of sp³-hybridized carbons (Fsp3) is 0.600. The molecule has 1 aromatic rings. The topological polar surface area (TPSA) is 71.2 Å². The summed E-state index contributed by atoms with van der Waals surface area (Å²) in [6.45, 7) is 6.85. The summed E-state index contributed by atoms with van der Waals surface area (Å²) in [5.41, 5.74) is 0. The van der Waals surface area contributed by atoms with E-state index in [-0.39, 0.29) is 23.4 Å². The van der Waals surface area contributed by atoms with Gasteiger partial charge < -0.3 is 9.80 Å². The predicted molar refractivity (Wildman–Crippen MR) is 106 cm³/mol. The van der Waals surface area contributed by atoms with Crippen LogP contribution in [0, 0.1) is 5.92 Å². The molecule has 1 saturated heterocycles. The minimum atomic E-state index is -0.657. The second-order valence-corrected chi connectivity index (χ2v) is 8.30. The Labute approximate surface area is 164 Å². The molecule has 1 aromatic heterocycles. The lowest BCUT2D eigenvalue weighted by molar-refractivity contribution is -0.902. The number of quaternary nitrogens is 1. The first-order valence-electron chi connectivity index (χ1n) is 9.78. The summed E-state index contributed by atoms with van der Waals surface area (Å²) in [6.07, 6.45) is 3.01. The van der Waals surface area contributed by atoms with Gasteiger partial charge in [0.25, 0.3) is 0 Å². The van der Waals surface area contributed by atoms with Crippen LogP contribution < -0.4 is 4.90 Å². The van der Waals surface area contributed by atoms with Crippen LogP contribution in [0.1, 0.15) is 37.0 Å². The van der Waals surface area contributed by atoms with Gasteiger partial charge in [0.05, 0.1) is 39.3 Å². The molecule has 1 saturated carbocycles. The van der Waals surface area contributed by atoms with Gasteiger partial charge in [-0.25, -0.2) is 0 Å². The Hall–Kier alpha value is -1.86. The second kappa shape index (κ2) is 9.37. The molecular formula is C20H28N3O3S+. The van der Waals surface area contributed by atoms with E-state index in [4.69, 9.17) is 0 Å². The summed E-state index contributed by atoms with van der Waals surface area (Å²) in [7, 11) is 0. The summed E-state index contributed by atoms with van der Waals surface area (Å²) >= 11 is 1.61. The third kappa shape index (κ3) is 5.11. The second-order valence-electron chi connectivity index (χ2n) is 7.32. The van der Waals surface area contributed by atoms with Crippen molar-refractivity contribution in [1.82, 2.24) is 4.90 Å². The number of thiophene rings is 1. The molecule has 0 spiro atoms. The Bertz CT molecular complexity index is 675. The van der Waals surface area contributed by atoms with Gasteiger partial charge in [0.1, 0.15) is 17.5 Å². The summed E-state index contributed by atoms with van der Waals surface area (Å²) in [6, 6.07) is 3.96. The molecule has 0 unspecified atom stereocenters. The zero-order valence-electron chi connectivity index (χ0n) is 15.9. The number of Topliss-reactive ketones (excluding diaryl/α,β-unsaturated/α-hetero) is 2. The van der Waals surface area contributed by atoms with Crippen molar-refractivity contribution in [3.05, 3.63) is 22.4 Å². The van der Waals surface area contributed by atoms with Gasteiger partial charge in [-0.2, -0.15) is 0 Å². The number of carbonyl (C=O) groups excluding carboxylic acids is 3. The molecule has 0 atom stereocenters. The number of rotatable bonds is 6. The number of ketones is 2. The van der Waals surface area contributed by atoms with Gasteiger partial charge in [0, 0.05) is 36.3 Å². The van der Waals surface area contributed by atoms with Crippen molar-refractivity contribution in [3.8, 4) is 0 Å². The molecule has 1 aliphatic carbocycles. The molecule has 0 bridgehead atoms. The molecular weight excluding hydrogens is 362 g/mol. The van der Waals surface area contributed by atoms with E-state index in [9.17, 15) is 14.4 Å². The molecule has 3 rings (SSSR count). The van der Waals surface area contributed by atoms with Gasteiger partial charge in [-0.15, -0.1) is 11.3 Å². The number of aliphatic imine (C=N–C) groups is 1. The zero-order chi connectivity index (χ0) is 19.2. The maximum Gasteiger partial charge on any atom is 0.222 e. The molecule has 1 amide bonds. The number of nitrogens with one attached hydrogen (secondary N) is 1. The lowest BCUT2D eigenvalue weighted by atomic mass is 9.80. The molecule has 27 heavy (non-hydrogen) atoms. The van der Waals surface area contributed by atoms with Gasteiger partial charge in [0.15, 0.2) is 0 Å². The third-order valence-electron chi connectivity index (χ3n) is 5.51. The quantitative estimate of drug-likeness (QED) is 0.571. The Morgan fingerprint density at radius 1 is 1.30 bits per heavy atom. The van der Waals surface area contributed by atoms with Crippen molar-refractivity contribution in [2.75, 3.05) is 39.3 Å². The van der Waals surface area contributed by atoms with Crippen LogP contribution in [0.3, 0.4) is 0 Å². The largest absolute Gasteiger partial charge is 0.331 e. The fourth-order valence-electron chi connectivity index (χ4n) is 3.83. The maximum atomic E-state index is 12.4. The highest BCUT2D eigenvalue weighted by molar-refractivity contribution is 7.10. The Kier molecular flexibility index (Phi) is 6.90. The molecule has 0 aromatic carbocycles. The molecule has 1 N–H and O–H groups in total. The number of hydrogen-bond donors (Lipinski definition) is 1. The SMILES string of the molecule is CCC(=O)N1CC[NH+](CCN=CC2C(=O)CC(c3cccs3)CC2=O)CC1. The van der Waals surface area contributed by atoms with Crippen molar-refractivity contribution in [2.24, 2.45) is 10.9 Å². The molecule has 2 fully saturated rings. The highest BCUT2D eigenvalue weighted by Gasteiger charge is 2.35. The summed E-state index contributed by atoms with van der Waals surface area (Å²) in [5.74, 6) is -0.404. The molecule has 1 aliphatic heterocycles. The maximum absolute atomic E-state index is 12.4. The Balaban J connectivity index is 1.42. The lowest BCUT2D eigenvalue weighted by Crippen LogP contribution is -3.15. The summed E-state index contributed by atoms with van der Waals surface area (Å²) in [4.78, 5) is 45.3. The Morgan fingerprint density at radius 2 is 2.00 bits per heavy atom. The summed E-state index contributed by atoms with van der Waals surface area (Å²) < 4.78 is 0. The van der Waals surface area contributed by atoms with Crippen molar-refractivity contribution in [1.29, 1.82) is 0 Å². The van der Waals surface area contributed by atoms with Gasteiger partial charge in [-0.3, -0.25) is 19.4 Å². The van der Waals surface area contributed by atoms with Gasteiger partial charge in [0.2, 0.25) is 5.91 Å². The van der Waals surface area contributed by atoms with Crippen LogP contribution in [-0.4, -0.2) is 67.9 Å². The molecule has 146 valence electrons. The zero-order valence-corrected chi connectivity index (χ0v) is 16.7. The van der Waals surface area contributed by atoms with E-state index >= 15 is 0 Å². The van der Waals surface area contributed by atoms with Crippen LogP contribution in [0.25, 0.3) is 0 Å². The van der Waals surface area contributed by atoms with Crippen LogP contribution >= 0.6 is 11.3 Å². The molecule has 2 aliphatic rings. The molecule has 2 heterocycles. The number of amides is 1. The third-order valence-corrected chi connectivity index (χ3v) is 6.54. The Morgan fingerprint density at radius 3 is 2.59 bits per heavy atom. The lowest BCUT2D eigenvalue weighted by Gasteiger charge is -2.31. The van der Waals surface area contributed by atoms with E-state index < -0.39 is 5.92 Å². The van der Waals surface area contributed by atoms with E-state index in [1.165, 1.54) is 4.90 Å². The minimum Gasteiger partial charge on any atom is -0.331 e. The predicted octanol–water partition coefficient (Wildman–Crippen LogP) is 0.588. The van der Waals surface area contributed by atoms with Crippen LogP contribution in [0.2, 0.25) is 0 Å². The normalized spacial score (nSPS) is 24.7. The standard InChI is InChI=1S/C20H27N3O3S/c1-2-20(26)23-9-7-22(8-10-23)6-5-21-14-16-17(24)12-15(13-18(16)25)19-4-3-11-27-19/h3-4,11,14-16H,2,5-10,12-13H2,1H3/p+1. The van der Waals surface area contributed by atoms with Gasteiger partial charge in [-0.1, -0.05) is 13.0 Å². The first-order chi connectivity index (χ1) is 13.1. The molecule has 0 radical (unpaired) electrons. The average molecular weight is 391 g/mol. The monoisotopic (exact) mass is 390 g/mol. The number of piperazine rings is 1. The van der Waals surface area contributed by atoms with Crippen molar-refractivity contribution in [3.63, 3.8) is 0 Å². The van der Waals surface area contributed by atoms with Crippen LogP contribution in [0.5, 0.6) is 0 Å². The van der Waals surface area contributed by atoms with E-state index in [0.29, 0.717) is 25.8 Å². The highest BCUT2D eigenvalue weighted by atomic mass is 32.1. The number of hydrogen-bond acceptors (Lipinski definition) is 5. The first-order valence-corrected chi connectivity index (χ1v) is 10.7. The smallest absolute Gasteiger partial charge is 0.222 e. The van der Waals surface area contributed by atoms with Gasteiger partial charge >= 0.3 is 0 Å². The number of nitrogens with zero attached hydrogens (tertiary/aromatic N) is 2. The summed E-state index contributed by atoms with van der Waals surface area (Å²) in [5, 5.41) is 1.98. The van der Waals surface area contributed by atoms with E-state index in [0.717, 1.165) is 37.6 Å². The highest BCUT2D eigenvalue weighted by Crippen LogP contribution is 2.33. The van der Waals surface area contributed by atoms with Crippen molar-refractivity contribution >= 4 is 35.0 Å². The van der Waals surface area contributed by atoms with E-state index in [1.807, 2.05) is 29.3 Å². The minimum absolute atomic E-state index is 0.00700. The van der Waals surface area contributed by atoms with Gasteiger partial charge in [-0.05, 0) is 11.4 Å². The van der Waals surface area contributed by atoms with E-state index in [1.54, 1.807) is 17.6 Å². The van der Waals surface area contributed by atoms with Crippen LogP contribution in [0.15, 0.2) is 22.5 Å². The van der Waals surface area contributed by atoms with E-state index in [2.05, 4.69) is 4.99 Å².